The van der Waals surface area contributed by atoms with E-state index in [-0.39, 0.29) is 33.8 Å². The predicted octanol–water partition coefficient (Wildman–Crippen LogP) is 5.19. The molecule has 11 heteroatoms. The SMILES string of the molecule is COc1ccc(CN(C(=O)CN(c2cc(Cl)ccc2OC)S(=O)(=O)c2ccc(C)cc2)[C@H](C)C(=O)NC(C)(C)C)cc1. The lowest BCUT2D eigenvalue weighted by Gasteiger charge is -2.33. The summed E-state index contributed by atoms with van der Waals surface area (Å²) >= 11 is 6.28. The van der Waals surface area contributed by atoms with Gasteiger partial charge in [-0.15, -0.1) is 0 Å². The van der Waals surface area contributed by atoms with E-state index in [1.165, 1.54) is 36.3 Å². The molecule has 3 rings (SSSR count). The van der Waals surface area contributed by atoms with E-state index in [4.69, 9.17) is 21.1 Å². The summed E-state index contributed by atoms with van der Waals surface area (Å²) in [5, 5.41) is 3.17. The number of hydrogen-bond donors (Lipinski definition) is 1. The van der Waals surface area contributed by atoms with Gasteiger partial charge in [-0.1, -0.05) is 41.4 Å². The van der Waals surface area contributed by atoms with Gasteiger partial charge in [-0.3, -0.25) is 13.9 Å². The zero-order valence-electron chi connectivity index (χ0n) is 25.0. The molecule has 9 nitrogen and oxygen atoms in total. The quantitative estimate of drug-likeness (QED) is 0.318. The van der Waals surface area contributed by atoms with Gasteiger partial charge in [0.1, 0.15) is 24.1 Å². The molecule has 0 unspecified atom stereocenters. The number of sulfonamides is 1. The number of aryl methyl sites for hydroxylation is 1. The molecule has 0 saturated carbocycles. The fraction of sp³-hybridized carbons (Fsp3) is 0.355. The number of rotatable bonds is 11. The molecule has 0 spiro atoms. The second-order valence-corrected chi connectivity index (χ2v) is 13.2. The van der Waals surface area contributed by atoms with E-state index >= 15 is 0 Å². The van der Waals surface area contributed by atoms with Crippen LogP contribution in [0.2, 0.25) is 5.02 Å². The van der Waals surface area contributed by atoms with Crippen molar-refractivity contribution < 1.29 is 27.5 Å². The average Bonchev–Trinajstić information content (AvgIpc) is 2.93. The van der Waals surface area contributed by atoms with Crippen molar-refractivity contribution in [2.45, 2.75) is 57.6 Å². The second kappa shape index (κ2) is 13.5. The second-order valence-electron chi connectivity index (χ2n) is 10.9. The minimum absolute atomic E-state index is 0.0110. The normalized spacial score (nSPS) is 12.3. The number of benzene rings is 3. The van der Waals surface area contributed by atoms with Crippen molar-refractivity contribution in [3.63, 3.8) is 0 Å². The molecule has 0 aliphatic carbocycles. The highest BCUT2D eigenvalue weighted by Gasteiger charge is 2.34. The fourth-order valence-corrected chi connectivity index (χ4v) is 5.78. The Bertz CT molecular complexity index is 1500. The van der Waals surface area contributed by atoms with Crippen LogP contribution in [0.15, 0.2) is 71.6 Å². The molecule has 0 aliphatic heterocycles. The Morgan fingerprint density at radius 2 is 1.57 bits per heavy atom. The molecule has 3 aromatic rings. The van der Waals surface area contributed by atoms with Gasteiger partial charge in [0.25, 0.3) is 10.0 Å². The van der Waals surface area contributed by atoms with Crippen molar-refractivity contribution in [1.82, 2.24) is 10.2 Å². The van der Waals surface area contributed by atoms with E-state index in [2.05, 4.69) is 5.32 Å². The number of methoxy groups -OCH3 is 2. The molecule has 0 saturated heterocycles. The first-order chi connectivity index (χ1) is 19.7. The Hall–Kier alpha value is -3.76. The van der Waals surface area contributed by atoms with E-state index in [1.807, 2.05) is 27.7 Å². The van der Waals surface area contributed by atoms with Crippen molar-refractivity contribution in [1.29, 1.82) is 0 Å². The van der Waals surface area contributed by atoms with E-state index < -0.39 is 34.1 Å². The number of ether oxygens (including phenoxy) is 2. The molecule has 0 aliphatic rings. The summed E-state index contributed by atoms with van der Waals surface area (Å²) in [5.74, 6) is -0.126. The third kappa shape index (κ3) is 8.17. The van der Waals surface area contributed by atoms with E-state index in [1.54, 1.807) is 56.5 Å². The number of carbonyl (C=O) groups excluding carboxylic acids is 2. The summed E-state index contributed by atoms with van der Waals surface area (Å²) in [4.78, 5) is 28.7. The molecule has 0 aromatic heterocycles. The van der Waals surface area contributed by atoms with Gasteiger partial charge in [-0.25, -0.2) is 8.42 Å². The lowest BCUT2D eigenvalue weighted by Crippen LogP contribution is -2.54. The highest BCUT2D eigenvalue weighted by molar-refractivity contribution is 7.92. The summed E-state index contributed by atoms with van der Waals surface area (Å²) in [6.45, 7) is 8.42. The highest BCUT2D eigenvalue weighted by Crippen LogP contribution is 2.35. The first-order valence-electron chi connectivity index (χ1n) is 13.3. The summed E-state index contributed by atoms with van der Waals surface area (Å²) in [6.07, 6.45) is 0. The Balaban J connectivity index is 2.10. The largest absolute Gasteiger partial charge is 0.497 e. The zero-order valence-corrected chi connectivity index (χ0v) is 26.5. The summed E-state index contributed by atoms with van der Waals surface area (Å²) in [7, 11) is -1.32. The molecule has 0 radical (unpaired) electrons. The van der Waals surface area contributed by atoms with Crippen LogP contribution in [-0.4, -0.2) is 57.5 Å². The first kappa shape index (κ1) is 32.8. The lowest BCUT2D eigenvalue weighted by atomic mass is 10.1. The van der Waals surface area contributed by atoms with Crippen molar-refractivity contribution in [2.75, 3.05) is 25.1 Å². The van der Waals surface area contributed by atoms with Gasteiger partial charge >= 0.3 is 0 Å². The van der Waals surface area contributed by atoms with Crippen LogP contribution < -0.4 is 19.1 Å². The van der Waals surface area contributed by atoms with Crippen LogP contribution in [0.4, 0.5) is 5.69 Å². The van der Waals surface area contributed by atoms with E-state index in [9.17, 15) is 18.0 Å². The van der Waals surface area contributed by atoms with Crippen molar-refractivity contribution in [2.24, 2.45) is 0 Å². The number of carbonyl (C=O) groups is 2. The maximum absolute atomic E-state index is 14.1. The van der Waals surface area contributed by atoms with Crippen LogP contribution in [-0.2, 0) is 26.2 Å². The molecular weight excluding hydrogens is 578 g/mol. The standard InChI is InChI=1S/C31H38ClN3O6S/c1-21-8-15-26(16-9-21)42(38,39)35(27-18-24(32)12-17-28(27)41-7)20-29(36)34(22(2)30(37)33-31(3,4)5)19-23-10-13-25(40-6)14-11-23/h8-18,22H,19-20H2,1-7H3,(H,33,37)/t22-/m1/s1. The summed E-state index contributed by atoms with van der Waals surface area (Å²) in [5.41, 5.74) is 1.15. The first-order valence-corrected chi connectivity index (χ1v) is 15.2. The number of nitrogens with zero attached hydrogens (tertiary/aromatic N) is 2. The Kier molecular flexibility index (Phi) is 10.5. The summed E-state index contributed by atoms with van der Waals surface area (Å²) in [6, 6.07) is 17.0. The molecule has 2 amide bonds. The molecule has 226 valence electrons. The Morgan fingerprint density at radius 1 is 0.952 bits per heavy atom. The molecule has 42 heavy (non-hydrogen) atoms. The van der Waals surface area contributed by atoms with Gasteiger partial charge in [0.2, 0.25) is 11.8 Å². The van der Waals surface area contributed by atoms with E-state index in [0.717, 1.165) is 15.4 Å². The number of halogens is 1. The third-order valence-corrected chi connectivity index (χ3v) is 8.48. The number of nitrogens with one attached hydrogen (secondary N) is 1. The zero-order chi connectivity index (χ0) is 31.2. The van der Waals surface area contributed by atoms with Gasteiger partial charge in [-0.05, 0) is 82.6 Å². The van der Waals surface area contributed by atoms with Gasteiger partial charge in [0.05, 0.1) is 24.8 Å². The maximum atomic E-state index is 14.1. The smallest absolute Gasteiger partial charge is 0.264 e. The van der Waals surface area contributed by atoms with Crippen molar-refractivity contribution in [3.05, 3.63) is 82.9 Å². The van der Waals surface area contributed by atoms with Crippen LogP contribution in [0.3, 0.4) is 0 Å². The number of hydrogen-bond acceptors (Lipinski definition) is 6. The van der Waals surface area contributed by atoms with Crippen LogP contribution in [0.25, 0.3) is 0 Å². The molecular formula is C31H38ClN3O6S. The maximum Gasteiger partial charge on any atom is 0.264 e. The van der Waals surface area contributed by atoms with Gasteiger partial charge in [-0.2, -0.15) is 0 Å². The topological polar surface area (TPSA) is 105 Å². The molecule has 0 heterocycles. The van der Waals surface area contributed by atoms with Crippen LogP contribution >= 0.6 is 11.6 Å². The molecule has 1 atom stereocenters. The average molecular weight is 616 g/mol. The van der Waals surface area contributed by atoms with Crippen molar-refractivity contribution >= 4 is 39.1 Å². The van der Waals surface area contributed by atoms with Crippen LogP contribution in [0.5, 0.6) is 11.5 Å². The van der Waals surface area contributed by atoms with Gasteiger partial charge in [0.15, 0.2) is 0 Å². The van der Waals surface area contributed by atoms with Crippen LogP contribution in [0.1, 0.15) is 38.8 Å². The van der Waals surface area contributed by atoms with Crippen LogP contribution in [0, 0.1) is 6.92 Å². The number of anilines is 1. The van der Waals surface area contributed by atoms with Crippen molar-refractivity contribution in [3.8, 4) is 11.5 Å². The lowest BCUT2D eigenvalue weighted by molar-refractivity contribution is -0.140. The van der Waals surface area contributed by atoms with Gasteiger partial charge < -0.3 is 19.7 Å². The Labute approximate surface area is 253 Å². The predicted molar refractivity (Wildman–Crippen MR) is 165 cm³/mol. The summed E-state index contributed by atoms with van der Waals surface area (Å²) < 4.78 is 39.8. The minimum atomic E-state index is -4.28. The fourth-order valence-electron chi connectivity index (χ4n) is 4.19. The van der Waals surface area contributed by atoms with Gasteiger partial charge in [0, 0.05) is 17.1 Å². The minimum Gasteiger partial charge on any atom is -0.497 e. The molecule has 0 bridgehead atoms. The molecule has 0 fully saturated rings. The molecule has 1 N–H and O–H groups in total. The highest BCUT2D eigenvalue weighted by atomic mass is 35.5. The third-order valence-electron chi connectivity index (χ3n) is 6.47. The molecule has 3 aromatic carbocycles. The Morgan fingerprint density at radius 3 is 2.12 bits per heavy atom. The number of amides is 2. The van der Waals surface area contributed by atoms with E-state index in [0.29, 0.717) is 5.75 Å². The monoisotopic (exact) mass is 615 g/mol.